The lowest BCUT2D eigenvalue weighted by Crippen LogP contribution is -2.50. The van der Waals surface area contributed by atoms with Crippen LogP contribution in [-0.2, 0) is 19.2 Å². The van der Waals surface area contributed by atoms with Crippen LogP contribution in [0.15, 0.2) is 0 Å². The minimum absolute atomic E-state index is 0.0101. The number of nitrogens with one attached hydrogen (secondary N) is 1. The van der Waals surface area contributed by atoms with E-state index in [2.05, 4.69) is 5.43 Å². The van der Waals surface area contributed by atoms with E-state index in [1.165, 1.54) is 14.0 Å². The van der Waals surface area contributed by atoms with Crippen molar-refractivity contribution < 1.29 is 19.2 Å². The van der Waals surface area contributed by atoms with Crippen LogP contribution in [0, 0.1) is 5.92 Å². The number of carbonyl (C=O) groups excluding carboxylic acids is 4. The molecule has 0 spiro atoms. The maximum absolute atomic E-state index is 12.1. The fraction of sp³-hybridized carbons (Fsp3) is 0.667. The summed E-state index contributed by atoms with van der Waals surface area (Å²) in [6.07, 6.45) is -0.116. The molecule has 20 heavy (non-hydrogen) atoms. The van der Waals surface area contributed by atoms with Gasteiger partial charge in [0.15, 0.2) is 0 Å². The quantitative estimate of drug-likeness (QED) is 0.604. The second kappa shape index (κ2) is 5.48. The molecule has 8 nitrogen and oxygen atoms in total. The molecule has 1 unspecified atom stereocenters. The highest BCUT2D eigenvalue weighted by atomic mass is 16.2. The van der Waals surface area contributed by atoms with Crippen LogP contribution in [0.2, 0.25) is 0 Å². The molecule has 0 radical (unpaired) electrons. The molecule has 0 saturated carbocycles. The molecule has 8 heteroatoms. The molecule has 0 bridgehead atoms. The molecular weight excluding hydrogens is 264 g/mol. The predicted molar refractivity (Wildman–Crippen MR) is 67.9 cm³/mol. The standard InChI is InChI=1S/C12H18N4O4/c1-8(17)15-3-5-16(6-4-15)10(18)7-9-11(19)13-14(2)12(9)20/h9H,3-7H2,1-2H3,(H,13,19). The average molecular weight is 282 g/mol. The number of hydrazine groups is 1. The van der Waals surface area contributed by atoms with Gasteiger partial charge in [-0.3, -0.25) is 29.6 Å². The zero-order valence-electron chi connectivity index (χ0n) is 11.6. The molecule has 110 valence electrons. The second-order valence-electron chi connectivity index (χ2n) is 5.02. The number of hydrogen-bond acceptors (Lipinski definition) is 4. The van der Waals surface area contributed by atoms with E-state index < -0.39 is 11.8 Å². The Balaban J connectivity index is 1.89. The molecule has 2 aliphatic rings. The molecular formula is C12H18N4O4. The summed E-state index contributed by atoms with van der Waals surface area (Å²) < 4.78 is 0. The van der Waals surface area contributed by atoms with Gasteiger partial charge in [0, 0.05) is 46.6 Å². The Labute approximate surface area is 116 Å². The maximum Gasteiger partial charge on any atom is 0.253 e. The molecule has 0 aromatic rings. The first-order valence-corrected chi connectivity index (χ1v) is 6.51. The van der Waals surface area contributed by atoms with Gasteiger partial charge in [-0.1, -0.05) is 0 Å². The third-order valence-corrected chi connectivity index (χ3v) is 3.68. The first-order chi connectivity index (χ1) is 9.40. The van der Waals surface area contributed by atoms with Crippen LogP contribution in [0.4, 0.5) is 0 Å². The summed E-state index contributed by atoms with van der Waals surface area (Å²) in [4.78, 5) is 49.8. The number of amides is 4. The van der Waals surface area contributed by atoms with Gasteiger partial charge in [-0.15, -0.1) is 0 Å². The van der Waals surface area contributed by atoms with Gasteiger partial charge in [0.1, 0.15) is 5.92 Å². The first-order valence-electron chi connectivity index (χ1n) is 6.51. The van der Waals surface area contributed by atoms with E-state index in [4.69, 9.17) is 0 Å². The maximum atomic E-state index is 12.1. The Hall–Kier alpha value is -2.12. The van der Waals surface area contributed by atoms with Crippen LogP contribution < -0.4 is 5.43 Å². The molecule has 4 amide bonds. The van der Waals surface area contributed by atoms with Crippen molar-refractivity contribution >= 4 is 23.6 Å². The third-order valence-electron chi connectivity index (χ3n) is 3.68. The van der Waals surface area contributed by atoms with Crippen LogP contribution in [-0.4, -0.2) is 71.7 Å². The van der Waals surface area contributed by atoms with Gasteiger partial charge in [0.05, 0.1) is 0 Å². The van der Waals surface area contributed by atoms with Crippen molar-refractivity contribution in [1.29, 1.82) is 0 Å². The number of piperazine rings is 1. The van der Waals surface area contributed by atoms with Crippen LogP contribution in [0.25, 0.3) is 0 Å². The normalized spacial score (nSPS) is 23.1. The summed E-state index contributed by atoms with van der Waals surface area (Å²) in [6.45, 7) is 3.36. The lowest BCUT2D eigenvalue weighted by Gasteiger charge is -2.34. The summed E-state index contributed by atoms with van der Waals surface area (Å²) >= 11 is 0. The largest absolute Gasteiger partial charge is 0.339 e. The van der Waals surface area contributed by atoms with Crippen LogP contribution in [0.1, 0.15) is 13.3 Å². The summed E-state index contributed by atoms with van der Waals surface area (Å²) in [5.74, 6) is -1.99. The van der Waals surface area contributed by atoms with Crippen molar-refractivity contribution in [2.45, 2.75) is 13.3 Å². The van der Waals surface area contributed by atoms with E-state index in [9.17, 15) is 19.2 Å². The Morgan fingerprint density at radius 1 is 1.15 bits per heavy atom. The Kier molecular flexibility index (Phi) is 3.91. The third kappa shape index (κ3) is 2.73. The van der Waals surface area contributed by atoms with Crippen molar-refractivity contribution in [1.82, 2.24) is 20.2 Å². The number of hydrogen-bond donors (Lipinski definition) is 1. The monoisotopic (exact) mass is 282 g/mol. The van der Waals surface area contributed by atoms with Gasteiger partial charge >= 0.3 is 0 Å². The van der Waals surface area contributed by atoms with Gasteiger partial charge < -0.3 is 9.80 Å². The highest BCUT2D eigenvalue weighted by molar-refractivity contribution is 6.07. The van der Waals surface area contributed by atoms with Gasteiger partial charge in [-0.25, -0.2) is 0 Å². The molecule has 2 fully saturated rings. The van der Waals surface area contributed by atoms with Crippen molar-refractivity contribution in [3.05, 3.63) is 0 Å². The number of rotatable bonds is 2. The second-order valence-corrected chi connectivity index (χ2v) is 5.02. The fourth-order valence-corrected chi connectivity index (χ4v) is 2.40. The Bertz CT molecular complexity index is 456. The average Bonchev–Trinajstić information content (AvgIpc) is 2.65. The van der Waals surface area contributed by atoms with E-state index in [0.29, 0.717) is 26.2 Å². The van der Waals surface area contributed by atoms with E-state index in [0.717, 1.165) is 5.01 Å². The lowest BCUT2D eigenvalue weighted by molar-refractivity contribution is -0.142. The van der Waals surface area contributed by atoms with Crippen LogP contribution >= 0.6 is 0 Å². The van der Waals surface area contributed by atoms with Gasteiger partial charge in [0.2, 0.25) is 11.8 Å². The van der Waals surface area contributed by atoms with Crippen molar-refractivity contribution in [2.24, 2.45) is 5.92 Å². The van der Waals surface area contributed by atoms with Crippen molar-refractivity contribution in [3.8, 4) is 0 Å². The Morgan fingerprint density at radius 2 is 1.70 bits per heavy atom. The van der Waals surface area contributed by atoms with Gasteiger partial charge in [-0.05, 0) is 0 Å². The minimum Gasteiger partial charge on any atom is -0.339 e. The molecule has 1 N–H and O–H groups in total. The molecule has 2 heterocycles. The fourth-order valence-electron chi connectivity index (χ4n) is 2.40. The highest BCUT2D eigenvalue weighted by Gasteiger charge is 2.39. The summed E-state index contributed by atoms with van der Waals surface area (Å²) in [6, 6.07) is 0. The smallest absolute Gasteiger partial charge is 0.253 e. The predicted octanol–water partition coefficient (Wildman–Crippen LogP) is -1.81. The molecule has 0 aromatic heterocycles. The SMILES string of the molecule is CC(=O)N1CCN(C(=O)CC2C(=O)NN(C)C2=O)CC1. The zero-order chi connectivity index (χ0) is 14.9. The Morgan fingerprint density at radius 3 is 2.15 bits per heavy atom. The summed E-state index contributed by atoms with van der Waals surface area (Å²) in [5.41, 5.74) is 2.37. The van der Waals surface area contributed by atoms with Crippen LogP contribution in [0.5, 0.6) is 0 Å². The van der Waals surface area contributed by atoms with E-state index in [1.807, 2.05) is 0 Å². The number of nitrogens with zero attached hydrogens (tertiary/aromatic N) is 3. The van der Waals surface area contributed by atoms with E-state index in [1.54, 1.807) is 9.80 Å². The molecule has 0 aromatic carbocycles. The van der Waals surface area contributed by atoms with Crippen molar-refractivity contribution in [3.63, 3.8) is 0 Å². The number of carbonyl (C=O) groups is 4. The molecule has 0 aliphatic carbocycles. The molecule has 2 aliphatic heterocycles. The highest BCUT2D eigenvalue weighted by Crippen LogP contribution is 2.15. The van der Waals surface area contributed by atoms with E-state index >= 15 is 0 Å². The first kappa shape index (κ1) is 14.3. The van der Waals surface area contributed by atoms with Crippen molar-refractivity contribution in [2.75, 3.05) is 33.2 Å². The molecule has 1 atom stereocenters. The summed E-state index contributed by atoms with van der Waals surface area (Å²) in [5, 5.41) is 1.11. The lowest BCUT2D eigenvalue weighted by atomic mass is 10.0. The van der Waals surface area contributed by atoms with E-state index in [-0.39, 0.29) is 24.1 Å². The zero-order valence-corrected chi connectivity index (χ0v) is 11.6. The van der Waals surface area contributed by atoms with Crippen LogP contribution in [0.3, 0.4) is 0 Å². The van der Waals surface area contributed by atoms with Gasteiger partial charge in [-0.2, -0.15) is 0 Å². The summed E-state index contributed by atoms with van der Waals surface area (Å²) in [7, 11) is 1.45. The molecule has 2 rings (SSSR count). The molecule has 2 saturated heterocycles. The topological polar surface area (TPSA) is 90.0 Å². The minimum atomic E-state index is -0.932. The van der Waals surface area contributed by atoms with Gasteiger partial charge in [0.25, 0.3) is 11.8 Å².